The van der Waals surface area contributed by atoms with E-state index in [9.17, 15) is 0 Å². The second-order valence-corrected chi connectivity index (χ2v) is 5.80. The molecule has 0 bridgehead atoms. The fraction of sp³-hybridized carbons (Fsp3) is 0.471. The van der Waals surface area contributed by atoms with Crippen molar-refractivity contribution in [2.24, 2.45) is 5.92 Å². The van der Waals surface area contributed by atoms with Crippen LogP contribution in [0.3, 0.4) is 0 Å². The van der Waals surface area contributed by atoms with Crippen LogP contribution in [0.2, 0.25) is 0 Å². The zero-order chi connectivity index (χ0) is 15.1. The number of aromatic nitrogens is 1. The van der Waals surface area contributed by atoms with Crippen LogP contribution in [0.15, 0.2) is 41.0 Å². The van der Waals surface area contributed by atoms with E-state index in [1.165, 1.54) is 5.56 Å². The zero-order valence-corrected chi connectivity index (χ0v) is 13.2. The van der Waals surface area contributed by atoms with Gasteiger partial charge in [0.2, 0.25) is 0 Å². The van der Waals surface area contributed by atoms with E-state index in [0.717, 1.165) is 31.7 Å². The summed E-state index contributed by atoms with van der Waals surface area (Å²) < 4.78 is 5.55. The predicted molar refractivity (Wildman–Crippen MR) is 86.5 cm³/mol. The zero-order valence-electron chi connectivity index (χ0n) is 13.2. The summed E-state index contributed by atoms with van der Waals surface area (Å²) in [4.78, 5) is 6.57. The van der Waals surface area contributed by atoms with E-state index in [1.54, 1.807) is 6.26 Å². The third kappa shape index (κ3) is 5.23. The number of nitrogens with one attached hydrogen (secondary N) is 1. The van der Waals surface area contributed by atoms with Gasteiger partial charge in [0.05, 0.1) is 5.69 Å². The number of hydrogen-bond acceptors (Lipinski definition) is 4. The summed E-state index contributed by atoms with van der Waals surface area (Å²) in [5.74, 6) is 0.643. The van der Waals surface area contributed by atoms with Gasteiger partial charge in [0, 0.05) is 20.1 Å². The Morgan fingerprint density at radius 1 is 1.24 bits per heavy atom. The number of anilines is 1. The smallest absolute Gasteiger partial charge is 0.297 e. The molecule has 0 fully saturated rings. The number of hydrogen-bond donors (Lipinski definition) is 1. The maximum Gasteiger partial charge on any atom is 0.297 e. The summed E-state index contributed by atoms with van der Waals surface area (Å²) in [6.07, 6.45) is 2.72. The Balaban J connectivity index is 1.80. The molecular weight excluding hydrogens is 262 g/mol. The molecule has 0 radical (unpaired) electrons. The summed E-state index contributed by atoms with van der Waals surface area (Å²) >= 11 is 0. The van der Waals surface area contributed by atoms with Crippen LogP contribution in [0.1, 0.15) is 25.1 Å². The van der Waals surface area contributed by atoms with Crippen molar-refractivity contribution >= 4 is 6.01 Å². The average molecular weight is 287 g/mol. The van der Waals surface area contributed by atoms with E-state index in [2.05, 4.69) is 53.3 Å². The highest BCUT2D eigenvalue weighted by molar-refractivity contribution is 5.26. The summed E-state index contributed by atoms with van der Waals surface area (Å²) in [6, 6.07) is 11.2. The number of rotatable bonds is 8. The van der Waals surface area contributed by atoms with Gasteiger partial charge in [-0.15, -0.1) is 0 Å². The van der Waals surface area contributed by atoms with Gasteiger partial charge in [-0.3, -0.25) is 0 Å². The summed E-state index contributed by atoms with van der Waals surface area (Å²) in [5, 5.41) is 3.37. The van der Waals surface area contributed by atoms with E-state index in [-0.39, 0.29) is 0 Å². The first kappa shape index (κ1) is 15.6. The third-order valence-electron chi connectivity index (χ3n) is 3.30. The van der Waals surface area contributed by atoms with Crippen molar-refractivity contribution in [2.75, 3.05) is 25.0 Å². The van der Waals surface area contributed by atoms with Crippen LogP contribution in [0, 0.1) is 5.92 Å². The minimum Gasteiger partial charge on any atom is -0.432 e. The Morgan fingerprint density at radius 3 is 2.71 bits per heavy atom. The Bertz CT molecular complexity index is 522. The Kier molecular flexibility index (Phi) is 5.81. The van der Waals surface area contributed by atoms with Gasteiger partial charge < -0.3 is 14.6 Å². The van der Waals surface area contributed by atoms with Crippen LogP contribution < -0.4 is 10.2 Å². The van der Waals surface area contributed by atoms with Gasteiger partial charge in [0.15, 0.2) is 0 Å². The molecule has 0 amide bonds. The SMILES string of the molecule is CC(C)CNCc1coc(N(C)CCc2ccccc2)n1. The number of nitrogens with zero attached hydrogens (tertiary/aromatic N) is 2. The minimum absolute atomic E-state index is 0.643. The minimum atomic E-state index is 0.643. The van der Waals surface area contributed by atoms with Crippen LogP contribution >= 0.6 is 0 Å². The molecule has 4 nitrogen and oxygen atoms in total. The predicted octanol–water partition coefficient (Wildman–Crippen LogP) is 3.10. The third-order valence-corrected chi connectivity index (χ3v) is 3.30. The molecule has 2 aromatic rings. The highest BCUT2D eigenvalue weighted by atomic mass is 16.4. The molecule has 0 saturated carbocycles. The second-order valence-electron chi connectivity index (χ2n) is 5.80. The summed E-state index contributed by atoms with van der Waals surface area (Å²) in [5.41, 5.74) is 2.28. The quantitative estimate of drug-likeness (QED) is 0.810. The number of oxazole rings is 1. The molecule has 1 heterocycles. The molecule has 2 rings (SSSR count). The average Bonchev–Trinajstić information content (AvgIpc) is 2.94. The lowest BCUT2D eigenvalue weighted by atomic mass is 10.1. The molecule has 4 heteroatoms. The molecule has 1 aromatic carbocycles. The molecular formula is C17H25N3O. The van der Waals surface area contributed by atoms with E-state index in [4.69, 9.17) is 4.42 Å². The molecule has 0 aliphatic heterocycles. The molecule has 0 aliphatic rings. The van der Waals surface area contributed by atoms with Gasteiger partial charge >= 0.3 is 0 Å². The molecule has 1 N–H and O–H groups in total. The maximum atomic E-state index is 5.55. The first-order chi connectivity index (χ1) is 10.1. The molecule has 0 aliphatic carbocycles. The van der Waals surface area contributed by atoms with Gasteiger partial charge in [0.1, 0.15) is 6.26 Å². The first-order valence-electron chi connectivity index (χ1n) is 7.55. The Labute approximate surface area is 127 Å². The monoisotopic (exact) mass is 287 g/mol. The molecule has 0 saturated heterocycles. The standard InChI is InChI=1S/C17H25N3O/c1-14(2)11-18-12-16-13-21-17(19-16)20(3)10-9-15-7-5-4-6-8-15/h4-8,13-14,18H,9-12H2,1-3H3. The van der Waals surface area contributed by atoms with Crippen molar-refractivity contribution in [1.82, 2.24) is 10.3 Å². The van der Waals surface area contributed by atoms with Crippen molar-refractivity contribution in [1.29, 1.82) is 0 Å². The van der Waals surface area contributed by atoms with Crippen molar-refractivity contribution in [3.8, 4) is 0 Å². The molecule has 1 aromatic heterocycles. The van der Waals surface area contributed by atoms with E-state index in [1.807, 2.05) is 13.1 Å². The van der Waals surface area contributed by atoms with Gasteiger partial charge in [0.25, 0.3) is 6.01 Å². The van der Waals surface area contributed by atoms with Crippen molar-refractivity contribution in [3.05, 3.63) is 47.9 Å². The lowest BCUT2D eigenvalue weighted by Gasteiger charge is -2.14. The Hall–Kier alpha value is -1.81. The van der Waals surface area contributed by atoms with Gasteiger partial charge in [-0.25, -0.2) is 0 Å². The van der Waals surface area contributed by atoms with Crippen LogP contribution in [0.25, 0.3) is 0 Å². The van der Waals surface area contributed by atoms with Crippen molar-refractivity contribution in [2.45, 2.75) is 26.8 Å². The van der Waals surface area contributed by atoms with Crippen molar-refractivity contribution < 1.29 is 4.42 Å². The van der Waals surface area contributed by atoms with Gasteiger partial charge in [-0.1, -0.05) is 44.2 Å². The fourth-order valence-electron chi connectivity index (χ4n) is 2.08. The summed E-state index contributed by atoms with van der Waals surface area (Å²) in [7, 11) is 2.01. The molecule has 114 valence electrons. The van der Waals surface area contributed by atoms with Crippen LogP contribution in [0.4, 0.5) is 6.01 Å². The maximum absolute atomic E-state index is 5.55. The topological polar surface area (TPSA) is 41.3 Å². The lowest BCUT2D eigenvalue weighted by Crippen LogP contribution is -2.21. The van der Waals surface area contributed by atoms with Crippen LogP contribution in [0.5, 0.6) is 0 Å². The highest BCUT2D eigenvalue weighted by Gasteiger charge is 2.09. The van der Waals surface area contributed by atoms with E-state index in [0.29, 0.717) is 11.9 Å². The fourth-order valence-corrected chi connectivity index (χ4v) is 2.08. The largest absolute Gasteiger partial charge is 0.432 e. The van der Waals surface area contributed by atoms with Crippen LogP contribution in [-0.2, 0) is 13.0 Å². The number of likely N-dealkylation sites (N-methyl/N-ethyl adjacent to an activating group) is 1. The number of benzene rings is 1. The second kappa shape index (κ2) is 7.84. The Morgan fingerprint density at radius 2 is 2.00 bits per heavy atom. The molecule has 0 unspecified atom stereocenters. The van der Waals surface area contributed by atoms with Gasteiger partial charge in [-0.2, -0.15) is 4.98 Å². The highest BCUT2D eigenvalue weighted by Crippen LogP contribution is 2.13. The summed E-state index contributed by atoms with van der Waals surface area (Å²) in [6.45, 7) is 7.03. The van der Waals surface area contributed by atoms with E-state index >= 15 is 0 Å². The lowest BCUT2D eigenvalue weighted by molar-refractivity contribution is 0.535. The first-order valence-corrected chi connectivity index (χ1v) is 7.55. The molecule has 0 atom stereocenters. The molecule has 21 heavy (non-hydrogen) atoms. The normalized spacial score (nSPS) is 11.0. The van der Waals surface area contributed by atoms with Gasteiger partial charge in [-0.05, 0) is 24.4 Å². The molecule has 0 spiro atoms. The van der Waals surface area contributed by atoms with Crippen LogP contribution in [-0.4, -0.2) is 25.1 Å². The van der Waals surface area contributed by atoms with E-state index < -0.39 is 0 Å². The van der Waals surface area contributed by atoms with Crippen molar-refractivity contribution in [3.63, 3.8) is 0 Å².